The highest BCUT2D eigenvalue weighted by Crippen LogP contribution is 2.25. The van der Waals surface area contributed by atoms with Crippen LogP contribution in [0.4, 0.5) is 5.69 Å². The molecule has 0 fully saturated rings. The van der Waals surface area contributed by atoms with Crippen LogP contribution in [0.15, 0.2) is 71.6 Å². The number of amides is 1. The smallest absolute Gasteiger partial charge is 0.261 e. The Kier molecular flexibility index (Phi) is 7.84. The third-order valence-corrected chi connectivity index (χ3v) is 6.12. The molecular weight excluding hydrogens is 475 g/mol. The molecule has 3 aromatic rings. The number of para-hydroxylation sites is 1. The van der Waals surface area contributed by atoms with Gasteiger partial charge in [0.05, 0.1) is 17.7 Å². The van der Waals surface area contributed by atoms with E-state index in [9.17, 15) is 13.2 Å². The molecule has 0 unspecified atom stereocenters. The number of methoxy groups -OCH3 is 1. The van der Waals surface area contributed by atoms with Crippen molar-refractivity contribution in [2.24, 2.45) is 0 Å². The molecule has 0 heterocycles. The lowest BCUT2D eigenvalue weighted by Crippen LogP contribution is -2.28. The predicted molar refractivity (Wildman–Crippen MR) is 124 cm³/mol. The first kappa shape index (κ1) is 23.7. The van der Waals surface area contributed by atoms with Gasteiger partial charge in [0.15, 0.2) is 6.61 Å². The van der Waals surface area contributed by atoms with Gasteiger partial charge in [-0.1, -0.05) is 41.4 Å². The molecule has 1 amide bonds. The summed E-state index contributed by atoms with van der Waals surface area (Å²) in [7, 11) is -2.29. The predicted octanol–water partition coefficient (Wildman–Crippen LogP) is 4.50. The molecule has 168 valence electrons. The Morgan fingerprint density at radius 3 is 2.28 bits per heavy atom. The Morgan fingerprint density at radius 2 is 1.62 bits per heavy atom. The summed E-state index contributed by atoms with van der Waals surface area (Å²) in [6, 6.07) is 17.4. The van der Waals surface area contributed by atoms with Crippen LogP contribution >= 0.6 is 23.2 Å². The molecule has 0 aliphatic heterocycles. The van der Waals surface area contributed by atoms with E-state index in [2.05, 4.69) is 10.0 Å². The van der Waals surface area contributed by atoms with Gasteiger partial charge in [-0.15, -0.1) is 0 Å². The third kappa shape index (κ3) is 6.53. The monoisotopic (exact) mass is 494 g/mol. The fourth-order valence-corrected chi connectivity index (χ4v) is 4.35. The van der Waals surface area contributed by atoms with Crippen molar-refractivity contribution in [1.82, 2.24) is 5.32 Å². The molecule has 32 heavy (non-hydrogen) atoms. The first-order chi connectivity index (χ1) is 15.3. The van der Waals surface area contributed by atoms with Gasteiger partial charge in [0, 0.05) is 22.2 Å². The molecule has 7 nitrogen and oxygen atoms in total. The number of nitrogens with one attached hydrogen (secondary N) is 2. The number of carbonyl (C=O) groups is 1. The molecule has 0 saturated heterocycles. The number of carbonyl (C=O) groups excluding carboxylic acids is 1. The zero-order valence-corrected chi connectivity index (χ0v) is 19.3. The Morgan fingerprint density at radius 1 is 0.969 bits per heavy atom. The van der Waals surface area contributed by atoms with Crippen LogP contribution in [0.3, 0.4) is 0 Å². The lowest BCUT2D eigenvalue weighted by molar-refractivity contribution is -0.123. The van der Waals surface area contributed by atoms with E-state index in [1.165, 1.54) is 42.5 Å². The Hall–Kier alpha value is -2.94. The number of anilines is 1. The Bertz CT molecular complexity index is 1180. The molecular formula is C22H20Cl2N2O5S. The number of hydrogen-bond acceptors (Lipinski definition) is 5. The zero-order chi connectivity index (χ0) is 23.1. The van der Waals surface area contributed by atoms with E-state index in [0.29, 0.717) is 28.1 Å². The molecule has 2 N–H and O–H groups in total. The van der Waals surface area contributed by atoms with Crippen molar-refractivity contribution in [2.75, 3.05) is 18.4 Å². The summed E-state index contributed by atoms with van der Waals surface area (Å²) in [5.41, 5.74) is 1.08. The minimum Gasteiger partial charge on any atom is -0.496 e. The highest BCUT2D eigenvalue weighted by atomic mass is 35.5. The second-order valence-corrected chi connectivity index (χ2v) is 9.17. The van der Waals surface area contributed by atoms with Gasteiger partial charge in [0.2, 0.25) is 0 Å². The topological polar surface area (TPSA) is 93.7 Å². The van der Waals surface area contributed by atoms with Gasteiger partial charge in [-0.2, -0.15) is 0 Å². The van der Waals surface area contributed by atoms with Gasteiger partial charge in [0.1, 0.15) is 11.5 Å². The summed E-state index contributed by atoms with van der Waals surface area (Å²) >= 11 is 11.8. The van der Waals surface area contributed by atoms with E-state index in [1.807, 2.05) is 24.3 Å². The maximum Gasteiger partial charge on any atom is 0.261 e. The van der Waals surface area contributed by atoms with E-state index in [1.54, 1.807) is 7.11 Å². The second kappa shape index (κ2) is 10.6. The van der Waals surface area contributed by atoms with Gasteiger partial charge < -0.3 is 14.8 Å². The summed E-state index contributed by atoms with van der Waals surface area (Å²) in [6.07, 6.45) is 0. The van der Waals surface area contributed by atoms with Crippen LogP contribution in [0.5, 0.6) is 11.5 Å². The highest BCUT2D eigenvalue weighted by Gasteiger charge is 2.15. The molecule has 0 aliphatic carbocycles. The van der Waals surface area contributed by atoms with Crippen molar-refractivity contribution in [3.8, 4) is 11.5 Å². The van der Waals surface area contributed by atoms with E-state index in [0.717, 1.165) is 5.56 Å². The minimum absolute atomic E-state index is 0.0153. The van der Waals surface area contributed by atoms with Crippen LogP contribution in [-0.4, -0.2) is 28.0 Å². The van der Waals surface area contributed by atoms with Crippen LogP contribution < -0.4 is 19.5 Å². The minimum atomic E-state index is -3.85. The normalized spacial score (nSPS) is 11.0. The lowest BCUT2D eigenvalue weighted by atomic mass is 10.2. The van der Waals surface area contributed by atoms with E-state index >= 15 is 0 Å². The number of ether oxygens (including phenoxy) is 2. The van der Waals surface area contributed by atoms with Crippen molar-refractivity contribution in [2.45, 2.75) is 11.4 Å². The first-order valence-corrected chi connectivity index (χ1v) is 11.6. The summed E-state index contributed by atoms with van der Waals surface area (Å²) in [5, 5.41) is 3.36. The molecule has 0 atom stereocenters. The Labute approximate surface area is 196 Å². The van der Waals surface area contributed by atoms with Crippen LogP contribution in [-0.2, 0) is 21.4 Å². The van der Waals surface area contributed by atoms with Gasteiger partial charge >= 0.3 is 0 Å². The molecule has 0 spiro atoms. The van der Waals surface area contributed by atoms with Crippen LogP contribution in [0.1, 0.15) is 5.56 Å². The van der Waals surface area contributed by atoms with Gasteiger partial charge in [-0.25, -0.2) is 8.42 Å². The largest absolute Gasteiger partial charge is 0.496 e. The highest BCUT2D eigenvalue weighted by molar-refractivity contribution is 7.92. The van der Waals surface area contributed by atoms with Gasteiger partial charge in [-0.05, 0) is 48.5 Å². The summed E-state index contributed by atoms with van der Waals surface area (Å²) in [6.45, 7) is 0.0725. The molecule has 0 bridgehead atoms. The zero-order valence-electron chi connectivity index (χ0n) is 17.0. The quantitative estimate of drug-likeness (QED) is 0.456. The average molecular weight is 495 g/mol. The standard InChI is InChI=1S/C22H20Cl2N2O5S/c1-30-21-5-3-2-4-15(21)13-25-22(27)14-31-19-6-8-20(9-7-19)32(28,29)26-18-11-16(23)10-17(24)12-18/h2-12,26H,13-14H2,1H3,(H,25,27). The number of benzene rings is 3. The van der Waals surface area contributed by atoms with Crippen molar-refractivity contribution in [1.29, 1.82) is 0 Å². The van der Waals surface area contributed by atoms with Gasteiger partial charge in [-0.3, -0.25) is 9.52 Å². The van der Waals surface area contributed by atoms with E-state index < -0.39 is 10.0 Å². The average Bonchev–Trinajstić information content (AvgIpc) is 2.75. The maximum absolute atomic E-state index is 12.6. The maximum atomic E-state index is 12.6. The van der Waals surface area contributed by atoms with Crippen molar-refractivity contribution in [3.63, 3.8) is 0 Å². The van der Waals surface area contributed by atoms with Gasteiger partial charge in [0.25, 0.3) is 15.9 Å². The fourth-order valence-electron chi connectivity index (χ4n) is 2.78. The van der Waals surface area contributed by atoms with Crippen LogP contribution in [0.25, 0.3) is 0 Å². The van der Waals surface area contributed by atoms with E-state index in [-0.39, 0.29) is 23.1 Å². The molecule has 3 aromatic carbocycles. The van der Waals surface area contributed by atoms with E-state index in [4.69, 9.17) is 32.7 Å². The fraction of sp³-hybridized carbons (Fsp3) is 0.136. The Balaban J connectivity index is 1.55. The lowest BCUT2D eigenvalue weighted by Gasteiger charge is -2.11. The number of hydrogen-bond donors (Lipinski definition) is 2. The SMILES string of the molecule is COc1ccccc1CNC(=O)COc1ccc(S(=O)(=O)Nc2cc(Cl)cc(Cl)c2)cc1. The third-order valence-electron chi connectivity index (χ3n) is 4.29. The summed E-state index contributed by atoms with van der Waals surface area (Å²) in [4.78, 5) is 12.1. The molecule has 10 heteroatoms. The van der Waals surface area contributed by atoms with Crippen molar-refractivity contribution in [3.05, 3.63) is 82.3 Å². The molecule has 0 aromatic heterocycles. The van der Waals surface area contributed by atoms with Crippen molar-refractivity contribution < 1.29 is 22.7 Å². The number of halogens is 2. The first-order valence-electron chi connectivity index (χ1n) is 9.37. The molecule has 0 saturated carbocycles. The molecule has 0 aliphatic rings. The number of sulfonamides is 1. The summed E-state index contributed by atoms with van der Waals surface area (Å²) in [5.74, 6) is 0.702. The summed E-state index contributed by atoms with van der Waals surface area (Å²) < 4.78 is 38.2. The van der Waals surface area contributed by atoms with Crippen LogP contribution in [0.2, 0.25) is 10.0 Å². The van der Waals surface area contributed by atoms with Crippen molar-refractivity contribution >= 4 is 44.8 Å². The number of rotatable bonds is 9. The van der Waals surface area contributed by atoms with Crippen LogP contribution in [0, 0.1) is 0 Å². The molecule has 3 rings (SSSR count). The second-order valence-electron chi connectivity index (χ2n) is 6.61. The molecule has 0 radical (unpaired) electrons.